The first-order chi connectivity index (χ1) is 14.6. The number of rotatable bonds is 4. The summed E-state index contributed by atoms with van der Waals surface area (Å²) in [6.07, 6.45) is 0. The van der Waals surface area contributed by atoms with Gasteiger partial charge in [-0.15, -0.1) is 0 Å². The fourth-order valence-electron chi connectivity index (χ4n) is 2.96. The largest absolute Gasteiger partial charge is 0.452 e. The van der Waals surface area contributed by atoms with Crippen LogP contribution in [0, 0.1) is 6.92 Å². The third-order valence-electron chi connectivity index (χ3n) is 4.36. The molecule has 0 saturated carbocycles. The zero-order valence-electron chi connectivity index (χ0n) is 18.0. The maximum Gasteiger partial charge on any atom is 0.339 e. The molecule has 2 N–H and O–H groups in total. The highest BCUT2D eigenvalue weighted by atomic mass is 16.5. The lowest BCUT2D eigenvalue weighted by Gasteiger charge is -2.20. The van der Waals surface area contributed by atoms with Gasteiger partial charge in [-0.1, -0.05) is 48.0 Å². The zero-order valence-corrected chi connectivity index (χ0v) is 18.0. The average Bonchev–Trinajstić information content (AvgIpc) is 2.70. The van der Waals surface area contributed by atoms with E-state index < -0.39 is 30.1 Å². The number of nitrogens with one attached hydrogen (secondary N) is 2. The second kappa shape index (κ2) is 8.95. The first kappa shape index (κ1) is 22.0. The minimum absolute atomic E-state index is 0.299. The van der Waals surface area contributed by atoms with Crippen LogP contribution in [-0.2, 0) is 9.53 Å². The van der Waals surface area contributed by atoms with Crippen LogP contribution in [0.2, 0.25) is 0 Å². The molecule has 160 valence electrons. The van der Waals surface area contributed by atoms with Crippen LogP contribution in [0.1, 0.15) is 36.7 Å². The number of pyridine rings is 1. The summed E-state index contributed by atoms with van der Waals surface area (Å²) in [7, 11) is 0. The van der Waals surface area contributed by atoms with Crippen molar-refractivity contribution >= 4 is 28.8 Å². The first-order valence-electron chi connectivity index (χ1n) is 9.88. The molecule has 3 aromatic rings. The van der Waals surface area contributed by atoms with Gasteiger partial charge in [-0.2, -0.15) is 0 Å². The van der Waals surface area contributed by atoms with Crippen molar-refractivity contribution < 1.29 is 19.1 Å². The Balaban J connectivity index is 1.79. The molecule has 0 spiro atoms. The number of aromatic nitrogens is 1. The molecule has 31 heavy (non-hydrogen) atoms. The summed E-state index contributed by atoms with van der Waals surface area (Å²) in [5, 5.41) is 5.37. The Hall–Kier alpha value is -3.74. The lowest BCUT2D eigenvalue weighted by molar-refractivity contribution is -0.123. The lowest BCUT2D eigenvalue weighted by atomic mass is 10.0. The molecule has 1 heterocycles. The third-order valence-corrected chi connectivity index (χ3v) is 4.36. The van der Waals surface area contributed by atoms with Crippen LogP contribution >= 0.6 is 0 Å². The summed E-state index contributed by atoms with van der Waals surface area (Å²) in [6.45, 7) is 6.78. The van der Waals surface area contributed by atoms with E-state index in [9.17, 15) is 14.4 Å². The number of para-hydroxylation sites is 1. The second-order valence-corrected chi connectivity index (χ2v) is 8.27. The highest BCUT2D eigenvalue weighted by Gasteiger charge is 2.19. The first-order valence-corrected chi connectivity index (χ1v) is 9.88. The van der Waals surface area contributed by atoms with Crippen LogP contribution < -0.4 is 10.6 Å². The molecule has 0 atom stereocenters. The molecule has 0 saturated heterocycles. The number of urea groups is 1. The molecular formula is C24H25N3O4. The van der Waals surface area contributed by atoms with E-state index in [4.69, 9.17) is 4.74 Å². The van der Waals surface area contributed by atoms with Gasteiger partial charge in [0, 0.05) is 16.5 Å². The van der Waals surface area contributed by atoms with Crippen molar-refractivity contribution in [3.8, 4) is 11.3 Å². The molecule has 0 aliphatic carbocycles. The molecule has 0 unspecified atom stereocenters. The van der Waals surface area contributed by atoms with Gasteiger partial charge >= 0.3 is 12.0 Å². The van der Waals surface area contributed by atoms with Crippen LogP contribution in [0.5, 0.6) is 0 Å². The van der Waals surface area contributed by atoms with Crippen molar-refractivity contribution in [1.29, 1.82) is 0 Å². The number of ether oxygens (including phenoxy) is 1. The molecule has 0 bridgehead atoms. The quantitative estimate of drug-likeness (QED) is 0.623. The van der Waals surface area contributed by atoms with Gasteiger partial charge in [0.1, 0.15) is 0 Å². The Morgan fingerprint density at radius 1 is 1.00 bits per heavy atom. The van der Waals surface area contributed by atoms with Crippen molar-refractivity contribution in [2.45, 2.75) is 33.2 Å². The Labute approximate surface area is 180 Å². The summed E-state index contributed by atoms with van der Waals surface area (Å²) in [6, 6.07) is 16.0. The normalized spacial score (nSPS) is 11.1. The van der Waals surface area contributed by atoms with Gasteiger partial charge in [-0.05, 0) is 39.8 Å². The van der Waals surface area contributed by atoms with Crippen molar-refractivity contribution in [1.82, 2.24) is 15.6 Å². The monoisotopic (exact) mass is 419 g/mol. The van der Waals surface area contributed by atoms with Crippen molar-refractivity contribution in [2.24, 2.45) is 0 Å². The molecule has 0 aliphatic heterocycles. The van der Waals surface area contributed by atoms with Crippen LogP contribution in [0.3, 0.4) is 0 Å². The van der Waals surface area contributed by atoms with E-state index >= 15 is 0 Å². The summed E-state index contributed by atoms with van der Waals surface area (Å²) in [5.41, 5.74) is 3.05. The number of hydrogen-bond acceptors (Lipinski definition) is 5. The topological polar surface area (TPSA) is 97.4 Å². The third kappa shape index (κ3) is 5.88. The van der Waals surface area contributed by atoms with E-state index in [0.29, 0.717) is 22.2 Å². The Morgan fingerprint density at radius 3 is 2.35 bits per heavy atom. The summed E-state index contributed by atoms with van der Waals surface area (Å²) < 4.78 is 5.18. The maximum absolute atomic E-state index is 12.8. The molecular weight excluding hydrogens is 394 g/mol. The van der Waals surface area contributed by atoms with Gasteiger partial charge in [0.2, 0.25) is 0 Å². The van der Waals surface area contributed by atoms with Gasteiger partial charge in [0.25, 0.3) is 5.91 Å². The van der Waals surface area contributed by atoms with E-state index in [2.05, 4.69) is 15.6 Å². The Bertz CT molecular complexity index is 1130. The van der Waals surface area contributed by atoms with Crippen LogP contribution in [0.25, 0.3) is 22.2 Å². The minimum atomic E-state index is -0.716. The number of benzene rings is 2. The number of amides is 3. The van der Waals surface area contributed by atoms with Crippen molar-refractivity contribution in [2.75, 3.05) is 6.61 Å². The molecule has 7 nitrogen and oxygen atoms in total. The van der Waals surface area contributed by atoms with Crippen LogP contribution in [-0.4, -0.2) is 35.0 Å². The van der Waals surface area contributed by atoms with Gasteiger partial charge in [0.15, 0.2) is 6.61 Å². The maximum atomic E-state index is 12.8. The predicted molar refractivity (Wildman–Crippen MR) is 119 cm³/mol. The van der Waals surface area contributed by atoms with Crippen LogP contribution in [0.4, 0.5) is 4.79 Å². The molecule has 0 radical (unpaired) electrons. The molecule has 7 heteroatoms. The average molecular weight is 419 g/mol. The number of carbonyl (C=O) groups excluding carboxylic acids is 3. The molecule has 3 rings (SSSR count). The number of carbonyl (C=O) groups is 3. The van der Waals surface area contributed by atoms with E-state index in [1.54, 1.807) is 39.0 Å². The van der Waals surface area contributed by atoms with Gasteiger partial charge < -0.3 is 10.1 Å². The van der Waals surface area contributed by atoms with E-state index in [1.165, 1.54) is 0 Å². The molecule has 2 aromatic carbocycles. The fourth-order valence-corrected chi connectivity index (χ4v) is 2.96. The SMILES string of the molecule is Cc1ccc(-c2cc(C(=O)OCC(=O)NC(=O)NC(C)(C)C)c3ccccc3n2)cc1. The summed E-state index contributed by atoms with van der Waals surface area (Å²) in [5.74, 6) is -1.38. The summed E-state index contributed by atoms with van der Waals surface area (Å²) >= 11 is 0. The Kier molecular flexibility index (Phi) is 6.34. The molecule has 3 amide bonds. The van der Waals surface area contributed by atoms with Gasteiger partial charge in [-0.3, -0.25) is 10.1 Å². The standard InChI is InChI=1S/C24H25N3O4/c1-15-9-11-16(12-10-15)20-13-18(17-7-5-6-8-19(17)25-20)22(29)31-14-21(28)26-23(30)27-24(2,3)4/h5-13H,14H2,1-4H3,(H2,26,27,28,30). The van der Waals surface area contributed by atoms with Crippen molar-refractivity contribution in [3.63, 3.8) is 0 Å². The molecule has 0 aliphatic rings. The van der Waals surface area contributed by atoms with Gasteiger partial charge in [0.05, 0.1) is 16.8 Å². The van der Waals surface area contributed by atoms with E-state index in [1.807, 2.05) is 43.3 Å². The number of imide groups is 1. The molecule has 1 aromatic heterocycles. The highest BCUT2D eigenvalue weighted by molar-refractivity contribution is 6.05. The van der Waals surface area contributed by atoms with E-state index in [0.717, 1.165) is 11.1 Å². The minimum Gasteiger partial charge on any atom is -0.452 e. The highest BCUT2D eigenvalue weighted by Crippen LogP contribution is 2.25. The Morgan fingerprint density at radius 2 is 1.68 bits per heavy atom. The van der Waals surface area contributed by atoms with E-state index in [-0.39, 0.29) is 0 Å². The van der Waals surface area contributed by atoms with Crippen molar-refractivity contribution in [3.05, 3.63) is 65.7 Å². The number of hydrogen-bond donors (Lipinski definition) is 2. The smallest absolute Gasteiger partial charge is 0.339 e. The second-order valence-electron chi connectivity index (χ2n) is 8.27. The lowest BCUT2D eigenvalue weighted by Crippen LogP contribution is -2.49. The number of fused-ring (bicyclic) bond motifs is 1. The molecule has 0 fully saturated rings. The fraction of sp³-hybridized carbons (Fsp3) is 0.250. The summed E-state index contributed by atoms with van der Waals surface area (Å²) in [4.78, 5) is 41.2. The number of esters is 1. The predicted octanol–water partition coefficient (Wildman–Crippen LogP) is 3.99. The number of nitrogens with zero attached hydrogens (tertiary/aromatic N) is 1. The van der Waals surface area contributed by atoms with Gasteiger partial charge in [-0.25, -0.2) is 14.6 Å². The zero-order chi connectivity index (χ0) is 22.6. The van der Waals surface area contributed by atoms with Crippen LogP contribution in [0.15, 0.2) is 54.6 Å². The number of aryl methyl sites for hydroxylation is 1.